The molecule has 0 bridgehead atoms. The second kappa shape index (κ2) is 5.75. The van der Waals surface area contributed by atoms with Crippen LogP contribution >= 0.6 is 0 Å². The van der Waals surface area contributed by atoms with Crippen LogP contribution in [0.25, 0.3) is 6.08 Å². The van der Waals surface area contributed by atoms with Crippen LogP contribution in [0.5, 0.6) is 0 Å². The Kier molecular flexibility index (Phi) is 3.65. The average Bonchev–Trinajstić information content (AvgIpc) is 2.83. The molecule has 20 heavy (non-hydrogen) atoms. The summed E-state index contributed by atoms with van der Waals surface area (Å²) in [7, 11) is -1.31. The minimum Gasteiger partial charge on any atom is -0.340 e. The molecule has 3 rings (SSSR count). The molecule has 1 aliphatic heterocycles. The fourth-order valence-corrected chi connectivity index (χ4v) is 2.72. The maximum absolute atomic E-state index is 12.3. The molecular formula is C16H12N2OS. The average molecular weight is 280 g/mol. The molecule has 0 aromatic heterocycles. The van der Waals surface area contributed by atoms with E-state index < -0.39 is 10.8 Å². The Morgan fingerprint density at radius 2 is 1.65 bits per heavy atom. The molecule has 0 fully saturated rings. The molecule has 0 saturated heterocycles. The van der Waals surface area contributed by atoms with E-state index in [1.54, 1.807) is 0 Å². The van der Waals surface area contributed by atoms with Gasteiger partial charge in [-0.1, -0.05) is 59.1 Å². The topological polar surface area (TPSA) is 43.4 Å². The highest BCUT2D eigenvalue weighted by Crippen LogP contribution is 2.14. The van der Waals surface area contributed by atoms with Crippen LogP contribution in [-0.4, -0.2) is 15.6 Å². The Morgan fingerprint density at radius 1 is 1.00 bits per heavy atom. The van der Waals surface area contributed by atoms with Crippen molar-refractivity contribution in [1.29, 1.82) is 0 Å². The van der Waals surface area contributed by atoms with Crippen molar-refractivity contribution in [3.63, 3.8) is 0 Å². The minimum absolute atomic E-state index is 0.415. The van der Waals surface area contributed by atoms with Crippen molar-refractivity contribution in [3.8, 4) is 0 Å². The van der Waals surface area contributed by atoms with E-state index in [-0.39, 0.29) is 0 Å². The van der Waals surface area contributed by atoms with Gasteiger partial charge in [0.2, 0.25) is 0 Å². The van der Waals surface area contributed by atoms with Gasteiger partial charge in [-0.2, -0.15) is 0 Å². The Bertz CT molecular complexity index is 657. The molecule has 0 saturated carbocycles. The molecule has 0 amide bonds. The molecule has 1 heterocycles. The maximum atomic E-state index is 12.3. The van der Waals surface area contributed by atoms with Crippen LogP contribution in [0.2, 0.25) is 0 Å². The van der Waals surface area contributed by atoms with E-state index in [0.717, 1.165) is 11.3 Å². The summed E-state index contributed by atoms with van der Waals surface area (Å²) in [6, 6.07) is 19.2. The lowest BCUT2D eigenvalue weighted by Crippen LogP contribution is -2.71. The molecule has 1 aliphatic rings. The number of allylic oxidation sites excluding steroid dienone is 1. The fourth-order valence-electron chi connectivity index (χ4n) is 1.79. The van der Waals surface area contributed by atoms with Crippen molar-refractivity contribution < 1.29 is 9.20 Å². The number of hydrogen-bond acceptors (Lipinski definition) is 2. The van der Waals surface area contributed by atoms with Crippen molar-refractivity contribution >= 4 is 33.9 Å². The molecule has 1 unspecified atom stereocenters. The highest BCUT2D eigenvalue weighted by molar-refractivity contribution is 8.04. The van der Waals surface area contributed by atoms with E-state index in [1.807, 2.05) is 66.7 Å². The van der Waals surface area contributed by atoms with Gasteiger partial charge < -0.3 is 4.99 Å². The van der Waals surface area contributed by atoms with Crippen molar-refractivity contribution in [2.45, 2.75) is 0 Å². The van der Waals surface area contributed by atoms with E-state index in [0.29, 0.717) is 10.1 Å². The number of rotatable bonds is 2. The van der Waals surface area contributed by atoms with Crippen LogP contribution < -0.4 is 4.99 Å². The van der Waals surface area contributed by atoms with E-state index in [4.69, 9.17) is 0 Å². The van der Waals surface area contributed by atoms with Gasteiger partial charge in [-0.25, -0.2) is 0 Å². The largest absolute Gasteiger partial charge is 0.340 e. The van der Waals surface area contributed by atoms with E-state index in [9.17, 15) is 4.21 Å². The minimum atomic E-state index is -1.31. The summed E-state index contributed by atoms with van der Waals surface area (Å²) < 4.78 is 12.3. The van der Waals surface area contributed by atoms with Crippen LogP contribution in [0.15, 0.2) is 70.6 Å². The van der Waals surface area contributed by atoms with Crippen molar-refractivity contribution in [3.05, 3.63) is 71.1 Å². The van der Waals surface area contributed by atoms with Gasteiger partial charge >= 0.3 is 0 Å². The molecule has 2 aromatic rings. The van der Waals surface area contributed by atoms with Gasteiger partial charge in [-0.3, -0.25) is 4.21 Å². The molecule has 4 heteroatoms. The first-order chi connectivity index (χ1) is 9.83. The maximum Gasteiger partial charge on any atom is 0.294 e. The van der Waals surface area contributed by atoms with E-state index in [2.05, 4.69) is 16.2 Å². The zero-order chi connectivity index (χ0) is 13.8. The van der Waals surface area contributed by atoms with Crippen LogP contribution in [0.3, 0.4) is 0 Å². The lowest BCUT2D eigenvalue weighted by molar-refractivity contribution is -0.299. The molecular weight excluding hydrogens is 268 g/mol. The van der Waals surface area contributed by atoms with Crippen LogP contribution in [0.1, 0.15) is 5.56 Å². The van der Waals surface area contributed by atoms with Gasteiger partial charge in [0, 0.05) is 6.21 Å². The smallest absolute Gasteiger partial charge is 0.294 e. The van der Waals surface area contributed by atoms with Crippen molar-refractivity contribution in [2.75, 3.05) is 0 Å². The molecule has 0 spiro atoms. The summed E-state index contributed by atoms with van der Waals surface area (Å²) >= 11 is 0. The van der Waals surface area contributed by atoms with E-state index in [1.165, 1.54) is 0 Å². The normalized spacial score (nSPS) is 21.7. The Morgan fingerprint density at radius 3 is 2.35 bits per heavy atom. The lowest BCUT2D eigenvalue weighted by Gasteiger charge is -1.98. The summed E-state index contributed by atoms with van der Waals surface area (Å²) in [6.07, 6.45) is 4.75. The highest BCUT2D eigenvalue weighted by Gasteiger charge is 2.17. The standard InChI is InChI=1S/C16H12N2OS/c19-20-15(11-13-7-3-1-4-8-13)12-17-16(20)18-14-9-5-2-6-10-14/h1-11,17H. The zero-order valence-electron chi connectivity index (χ0n) is 10.6. The van der Waals surface area contributed by atoms with Gasteiger partial charge in [0.05, 0.1) is 10.8 Å². The number of benzene rings is 2. The van der Waals surface area contributed by atoms with Gasteiger partial charge in [0.25, 0.3) is 5.17 Å². The number of hydrogen-bond donors (Lipinski definition) is 1. The van der Waals surface area contributed by atoms with Gasteiger partial charge in [-0.05, 0) is 17.0 Å². The second-order valence-electron chi connectivity index (χ2n) is 4.19. The Hall–Kier alpha value is -2.33. The third-order valence-corrected chi connectivity index (χ3v) is 3.92. The fraction of sp³-hybridized carbons (Fsp3) is 0. The first-order valence-electron chi connectivity index (χ1n) is 6.17. The molecule has 3 nitrogen and oxygen atoms in total. The Labute approximate surface area is 119 Å². The first kappa shape index (κ1) is 12.7. The third kappa shape index (κ3) is 2.81. The van der Waals surface area contributed by atoms with Crippen molar-refractivity contribution in [2.24, 2.45) is 4.99 Å². The molecule has 2 aromatic carbocycles. The lowest BCUT2D eigenvalue weighted by atomic mass is 10.2. The zero-order valence-corrected chi connectivity index (χ0v) is 11.4. The first-order valence-corrected chi connectivity index (χ1v) is 7.32. The quantitative estimate of drug-likeness (QED) is 0.833. The molecule has 1 atom stereocenters. The molecule has 0 aliphatic carbocycles. The monoisotopic (exact) mass is 280 g/mol. The number of nitrogens with one attached hydrogen (secondary N) is 1. The summed E-state index contributed by atoms with van der Waals surface area (Å²) in [6.45, 7) is 0. The number of amidine groups is 1. The highest BCUT2D eigenvalue weighted by atomic mass is 32.2. The second-order valence-corrected chi connectivity index (χ2v) is 5.55. The van der Waals surface area contributed by atoms with Gasteiger partial charge in [-0.15, -0.1) is 6.08 Å². The van der Waals surface area contributed by atoms with E-state index >= 15 is 0 Å². The summed E-state index contributed by atoms with van der Waals surface area (Å²) in [5.74, 6) is 0. The summed E-state index contributed by atoms with van der Waals surface area (Å²) in [4.78, 5) is 7.79. The number of nitrogens with zero attached hydrogens (tertiary/aromatic N) is 1. The molecule has 98 valence electrons. The number of aliphatic imine (C=N–C) groups is 1. The third-order valence-electron chi connectivity index (χ3n) is 2.75. The SMILES string of the molecule is O=S1C(=Cc2ccccc2)[C-]=[NH+]C1=Nc1ccccc1. The Balaban J connectivity index is 1.87. The van der Waals surface area contributed by atoms with Crippen LogP contribution in [0.4, 0.5) is 5.69 Å². The van der Waals surface area contributed by atoms with Crippen LogP contribution in [0, 0.1) is 0 Å². The van der Waals surface area contributed by atoms with Crippen molar-refractivity contribution in [1.82, 2.24) is 0 Å². The predicted octanol–water partition coefficient (Wildman–Crippen LogP) is 1.51. The van der Waals surface area contributed by atoms with Gasteiger partial charge in [0.15, 0.2) is 5.69 Å². The molecule has 1 N–H and O–H groups in total. The molecule has 0 radical (unpaired) electrons. The summed E-state index contributed by atoms with van der Waals surface area (Å²) in [5.41, 5.74) is 1.76. The predicted molar refractivity (Wildman–Crippen MR) is 82.1 cm³/mol. The van der Waals surface area contributed by atoms with Crippen LogP contribution in [-0.2, 0) is 10.8 Å². The number of para-hydroxylation sites is 1. The summed E-state index contributed by atoms with van der Waals surface area (Å²) in [5, 5.41) is 0.415. The van der Waals surface area contributed by atoms with Gasteiger partial charge in [0.1, 0.15) is 0 Å².